The first-order chi connectivity index (χ1) is 12.8. The Morgan fingerprint density at radius 1 is 1.15 bits per heavy atom. The molecule has 0 saturated carbocycles. The Balaban J connectivity index is 1.65. The van der Waals surface area contributed by atoms with Gasteiger partial charge in [0, 0.05) is 15.6 Å². The van der Waals surface area contributed by atoms with Crippen LogP contribution in [-0.4, -0.2) is 33.8 Å². The third kappa shape index (κ3) is 4.89. The van der Waals surface area contributed by atoms with Crippen LogP contribution in [-0.2, 0) is 16.4 Å². The molecule has 0 aromatic heterocycles. The van der Waals surface area contributed by atoms with E-state index in [4.69, 9.17) is 23.2 Å². The van der Waals surface area contributed by atoms with Crippen LogP contribution in [0.5, 0.6) is 0 Å². The number of carbonyl (C=O) groups is 1. The first-order valence-electron chi connectivity index (χ1n) is 8.54. The fourth-order valence-electron chi connectivity index (χ4n) is 3.34. The van der Waals surface area contributed by atoms with E-state index in [2.05, 4.69) is 10.0 Å². The summed E-state index contributed by atoms with van der Waals surface area (Å²) in [6.07, 6.45) is 1.50. The number of ketones is 1. The second-order valence-corrected chi connectivity index (χ2v) is 9.40. The van der Waals surface area contributed by atoms with Crippen molar-refractivity contribution in [2.24, 2.45) is 5.92 Å². The van der Waals surface area contributed by atoms with Crippen LogP contribution in [0.1, 0.15) is 22.3 Å². The third-order valence-corrected chi connectivity index (χ3v) is 6.57. The van der Waals surface area contributed by atoms with E-state index in [1.54, 1.807) is 18.2 Å². The molecule has 1 aliphatic rings. The number of benzene rings is 2. The maximum absolute atomic E-state index is 12.7. The first kappa shape index (κ1) is 20.3. The highest BCUT2D eigenvalue weighted by Crippen LogP contribution is 2.25. The predicted octanol–water partition coefficient (Wildman–Crippen LogP) is 3.31. The lowest BCUT2D eigenvalue weighted by atomic mass is 9.94. The Labute approximate surface area is 169 Å². The standard InChI is InChI=1S/C19H20Cl2N2O3S/c1-22-27(25,26)17-4-2-14(3-5-17)19(24)18-9-13(11-23-18)6-12-7-15(20)10-16(21)8-12/h2-5,7-8,10,13,18,22-23H,6,9,11H2,1H3/t13-,18?/m1/s1. The van der Waals surface area contributed by atoms with Gasteiger partial charge in [-0.05, 0) is 68.2 Å². The zero-order valence-electron chi connectivity index (χ0n) is 14.7. The normalized spacial score (nSPS) is 20.0. The van der Waals surface area contributed by atoms with Gasteiger partial charge in [0.2, 0.25) is 10.0 Å². The lowest BCUT2D eigenvalue weighted by Crippen LogP contribution is -2.30. The summed E-state index contributed by atoms with van der Waals surface area (Å²) in [6.45, 7) is 0.729. The van der Waals surface area contributed by atoms with Gasteiger partial charge in [0.05, 0.1) is 10.9 Å². The summed E-state index contributed by atoms with van der Waals surface area (Å²) in [5.74, 6) is 0.271. The summed E-state index contributed by atoms with van der Waals surface area (Å²) >= 11 is 12.1. The Hall–Kier alpha value is -1.44. The largest absolute Gasteiger partial charge is 0.307 e. The van der Waals surface area contributed by atoms with Crippen LogP contribution < -0.4 is 10.0 Å². The third-order valence-electron chi connectivity index (χ3n) is 4.70. The molecule has 2 aromatic carbocycles. The fraction of sp³-hybridized carbons (Fsp3) is 0.316. The number of rotatable bonds is 6. The van der Waals surface area contributed by atoms with E-state index in [0.717, 1.165) is 18.5 Å². The number of sulfonamides is 1. The summed E-state index contributed by atoms with van der Waals surface area (Å²) in [5.41, 5.74) is 1.54. The van der Waals surface area contributed by atoms with Gasteiger partial charge in [-0.25, -0.2) is 13.1 Å². The average Bonchev–Trinajstić information content (AvgIpc) is 3.08. The lowest BCUT2D eigenvalue weighted by Gasteiger charge is -2.11. The van der Waals surface area contributed by atoms with Crippen LogP contribution in [0.2, 0.25) is 10.0 Å². The molecule has 1 unspecified atom stereocenters. The summed E-state index contributed by atoms with van der Waals surface area (Å²) < 4.78 is 25.8. The van der Waals surface area contributed by atoms with Crippen molar-refractivity contribution in [3.05, 3.63) is 63.6 Å². The van der Waals surface area contributed by atoms with Gasteiger partial charge in [0.1, 0.15) is 0 Å². The zero-order valence-corrected chi connectivity index (χ0v) is 17.0. The molecule has 0 aliphatic carbocycles. The van der Waals surface area contributed by atoms with Gasteiger partial charge in [-0.15, -0.1) is 0 Å². The van der Waals surface area contributed by atoms with Gasteiger partial charge in [0.15, 0.2) is 5.78 Å². The van der Waals surface area contributed by atoms with E-state index in [0.29, 0.717) is 27.9 Å². The van der Waals surface area contributed by atoms with E-state index in [-0.39, 0.29) is 16.7 Å². The van der Waals surface area contributed by atoms with Crippen molar-refractivity contribution >= 4 is 39.0 Å². The molecule has 3 rings (SSSR count). The van der Waals surface area contributed by atoms with Crippen LogP contribution in [0.4, 0.5) is 0 Å². The van der Waals surface area contributed by atoms with Crippen LogP contribution >= 0.6 is 23.2 Å². The van der Waals surface area contributed by atoms with E-state index in [9.17, 15) is 13.2 Å². The van der Waals surface area contributed by atoms with Crippen molar-refractivity contribution in [1.82, 2.24) is 10.0 Å². The number of halogens is 2. The van der Waals surface area contributed by atoms with Crippen LogP contribution in [0, 0.1) is 5.92 Å². The zero-order chi connectivity index (χ0) is 19.6. The van der Waals surface area contributed by atoms with Gasteiger partial charge >= 0.3 is 0 Å². The molecule has 27 heavy (non-hydrogen) atoms. The smallest absolute Gasteiger partial charge is 0.240 e. The monoisotopic (exact) mass is 426 g/mol. The number of nitrogens with one attached hydrogen (secondary N) is 2. The Bertz CT molecular complexity index is 926. The molecule has 0 spiro atoms. The summed E-state index contributed by atoms with van der Waals surface area (Å²) in [6, 6.07) is 11.2. The number of hydrogen-bond acceptors (Lipinski definition) is 4. The van der Waals surface area contributed by atoms with Gasteiger partial charge in [-0.1, -0.05) is 35.3 Å². The summed E-state index contributed by atoms with van der Waals surface area (Å²) in [5, 5.41) is 4.47. The van der Waals surface area contributed by atoms with Crippen LogP contribution in [0.3, 0.4) is 0 Å². The maximum atomic E-state index is 12.7. The topological polar surface area (TPSA) is 75.3 Å². The van der Waals surface area contributed by atoms with E-state index >= 15 is 0 Å². The molecule has 1 fully saturated rings. The van der Waals surface area contributed by atoms with Crippen molar-refractivity contribution < 1.29 is 13.2 Å². The van der Waals surface area contributed by atoms with Crippen molar-refractivity contribution in [3.8, 4) is 0 Å². The highest BCUT2D eigenvalue weighted by Gasteiger charge is 2.30. The minimum atomic E-state index is -3.51. The fourth-order valence-corrected chi connectivity index (χ4v) is 4.65. The number of carbonyl (C=O) groups excluding carboxylic acids is 1. The summed E-state index contributed by atoms with van der Waals surface area (Å²) in [7, 11) is -2.16. The highest BCUT2D eigenvalue weighted by atomic mass is 35.5. The molecule has 0 amide bonds. The molecule has 1 saturated heterocycles. The van der Waals surface area contributed by atoms with E-state index in [1.807, 2.05) is 12.1 Å². The van der Waals surface area contributed by atoms with Gasteiger partial charge < -0.3 is 5.32 Å². The minimum absolute atomic E-state index is 0.0324. The van der Waals surface area contributed by atoms with Crippen molar-refractivity contribution in [2.45, 2.75) is 23.8 Å². The minimum Gasteiger partial charge on any atom is -0.307 e. The molecule has 2 atom stereocenters. The van der Waals surface area contributed by atoms with Crippen molar-refractivity contribution in [1.29, 1.82) is 0 Å². The van der Waals surface area contributed by atoms with E-state index < -0.39 is 10.0 Å². The Morgan fingerprint density at radius 3 is 2.37 bits per heavy atom. The predicted molar refractivity (Wildman–Crippen MR) is 107 cm³/mol. The maximum Gasteiger partial charge on any atom is 0.240 e. The first-order valence-corrected chi connectivity index (χ1v) is 10.8. The number of Topliss-reactive ketones (excluding diaryl/α,β-unsaturated/α-hetero) is 1. The van der Waals surface area contributed by atoms with Crippen molar-refractivity contribution in [3.63, 3.8) is 0 Å². The van der Waals surface area contributed by atoms with Crippen molar-refractivity contribution in [2.75, 3.05) is 13.6 Å². The molecule has 1 aliphatic heterocycles. The molecule has 2 aromatic rings. The Morgan fingerprint density at radius 2 is 1.78 bits per heavy atom. The van der Waals surface area contributed by atoms with Crippen LogP contribution in [0.25, 0.3) is 0 Å². The summed E-state index contributed by atoms with van der Waals surface area (Å²) in [4.78, 5) is 12.8. The molecular weight excluding hydrogens is 407 g/mol. The second-order valence-electron chi connectivity index (χ2n) is 6.64. The average molecular weight is 427 g/mol. The molecule has 5 nitrogen and oxygen atoms in total. The molecule has 2 N–H and O–H groups in total. The molecule has 8 heteroatoms. The van der Waals surface area contributed by atoms with Gasteiger partial charge in [0.25, 0.3) is 0 Å². The van der Waals surface area contributed by atoms with Gasteiger partial charge in [-0.2, -0.15) is 0 Å². The molecule has 0 radical (unpaired) electrons. The quantitative estimate of drug-likeness (QED) is 0.694. The second kappa shape index (κ2) is 8.29. The highest BCUT2D eigenvalue weighted by molar-refractivity contribution is 7.89. The van der Waals surface area contributed by atoms with Gasteiger partial charge in [-0.3, -0.25) is 4.79 Å². The molecule has 0 bridgehead atoms. The molecule has 144 valence electrons. The number of hydrogen-bond donors (Lipinski definition) is 2. The van der Waals surface area contributed by atoms with Crippen LogP contribution in [0.15, 0.2) is 47.4 Å². The molecule has 1 heterocycles. The lowest BCUT2D eigenvalue weighted by molar-refractivity contribution is 0.0950. The molecular formula is C19H20Cl2N2O3S. The SMILES string of the molecule is CNS(=O)(=O)c1ccc(C(=O)C2C[C@@H](Cc3cc(Cl)cc(Cl)c3)CN2)cc1. The Kier molecular flexibility index (Phi) is 6.23. The van der Waals surface area contributed by atoms with E-state index in [1.165, 1.54) is 19.2 Å².